The number of hydrogen-bond donors (Lipinski definition) is 1. The molecule has 0 bridgehead atoms. The van der Waals surface area contributed by atoms with Crippen molar-refractivity contribution in [3.8, 4) is 0 Å². The van der Waals surface area contributed by atoms with E-state index in [0.717, 1.165) is 31.1 Å². The molecule has 3 rings (SSSR count). The summed E-state index contributed by atoms with van der Waals surface area (Å²) in [6, 6.07) is 8.33. The molecule has 0 atom stereocenters. The van der Waals surface area contributed by atoms with Gasteiger partial charge in [-0.15, -0.1) is 0 Å². The highest BCUT2D eigenvalue weighted by Crippen LogP contribution is 2.29. The highest BCUT2D eigenvalue weighted by atomic mass is 16.1. The molecule has 1 aliphatic carbocycles. The molecule has 0 unspecified atom stereocenters. The van der Waals surface area contributed by atoms with E-state index in [-0.39, 0.29) is 5.91 Å². The SMILES string of the molecule is O=C(CCC1CCCC1)Nc1cccc(N2CCCCC2)c1. The van der Waals surface area contributed by atoms with Gasteiger partial charge >= 0.3 is 0 Å². The van der Waals surface area contributed by atoms with Gasteiger partial charge in [0.15, 0.2) is 0 Å². The summed E-state index contributed by atoms with van der Waals surface area (Å²) in [5, 5.41) is 3.08. The van der Waals surface area contributed by atoms with E-state index in [0.29, 0.717) is 6.42 Å². The van der Waals surface area contributed by atoms with Crippen molar-refractivity contribution in [1.29, 1.82) is 0 Å². The molecule has 3 nitrogen and oxygen atoms in total. The average Bonchev–Trinajstić information content (AvgIpc) is 3.08. The molecule has 1 saturated heterocycles. The van der Waals surface area contributed by atoms with Crippen LogP contribution in [0.5, 0.6) is 0 Å². The van der Waals surface area contributed by atoms with Crippen molar-refractivity contribution in [2.45, 2.75) is 57.8 Å². The molecule has 0 aromatic heterocycles. The average molecular weight is 300 g/mol. The van der Waals surface area contributed by atoms with Gasteiger partial charge in [0.05, 0.1) is 0 Å². The molecule has 1 amide bonds. The van der Waals surface area contributed by atoms with Gasteiger partial charge in [0.2, 0.25) is 5.91 Å². The lowest BCUT2D eigenvalue weighted by Gasteiger charge is -2.29. The first-order valence-electron chi connectivity index (χ1n) is 8.96. The number of nitrogens with zero attached hydrogens (tertiary/aromatic N) is 1. The van der Waals surface area contributed by atoms with Gasteiger partial charge in [-0.2, -0.15) is 0 Å². The summed E-state index contributed by atoms with van der Waals surface area (Å²) < 4.78 is 0. The van der Waals surface area contributed by atoms with Crippen LogP contribution in [0.3, 0.4) is 0 Å². The van der Waals surface area contributed by atoms with E-state index in [1.54, 1.807) is 0 Å². The Bertz CT molecular complexity index is 488. The lowest BCUT2D eigenvalue weighted by molar-refractivity contribution is -0.116. The van der Waals surface area contributed by atoms with Gasteiger partial charge in [-0.05, 0) is 49.8 Å². The van der Waals surface area contributed by atoms with Crippen LogP contribution in [0.15, 0.2) is 24.3 Å². The van der Waals surface area contributed by atoms with Crippen molar-refractivity contribution in [3.05, 3.63) is 24.3 Å². The molecule has 1 saturated carbocycles. The van der Waals surface area contributed by atoms with Crippen LogP contribution in [0.2, 0.25) is 0 Å². The number of rotatable bonds is 5. The lowest BCUT2D eigenvalue weighted by atomic mass is 10.0. The van der Waals surface area contributed by atoms with Gasteiger partial charge in [-0.25, -0.2) is 0 Å². The molecule has 22 heavy (non-hydrogen) atoms. The number of anilines is 2. The van der Waals surface area contributed by atoms with Gasteiger partial charge in [0, 0.05) is 30.9 Å². The Kier molecular flexibility index (Phi) is 5.36. The van der Waals surface area contributed by atoms with Crippen molar-refractivity contribution in [3.63, 3.8) is 0 Å². The summed E-state index contributed by atoms with van der Waals surface area (Å²) in [6.45, 7) is 2.28. The zero-order valence-electron chi connectivity index (χ0n) is 13.5. The minimum Gasteiger partial charge on any atom is -0.371 e. The third kappa shape index (κ3) is 4.25. The lowest BCUT2D eigenvalue weighted by Crippen LogP contribution is -2.29. The Labute approximate surface area is 134 Å². The second-order valence-electron chi connectivity index (χ2n) is 6.84. The van der Waals surface area contributed by atoms with E-state index >= 15 is 0 Å². The molecule has 0 radical (unpaired) electrons. The highest BCUT2D eigenvalue weighted by molar-refractivity contribution is 5.91. The van der Waals surface area contributed by atoms with Crippen LogP contribution in [-0.2, 0) is 4.79 Å². The minimum absolute atomic E-state index is 0.169. The van der Waals surface area contributed by atoms with Crippen LogP contribution >= 0.6 is 0 Å². The fraction of sp³-hybridized carbons (Fsp3) is 0.632. The van der Waals surface area contributed by atoms with Crippen LogP contribution in [0, 0.1) is 5.92 Å². The van der Waals surface area contributed by atoms with E-state index in [1.165, 1.54) is 50.6 Å². The number of carbonyl (C=O) groups is 1. The maximum Gasteiger partial charge on any atom is 0.224 e. The zero-order chi connectivity index (χ0) is 15.2. The van der Waals surface area contributed by atoms with Crippen LogP contribution in [-0.4, -0.2) is 19.0 Å². The second kappa shape index (κ2) is 7.66. The first-order chi connectivity index (χ1) is 10.8. The number of amides is 1. The smallest absolute Gasteiger partial charge is 0.224 e. The van der Waals surface area contributed by atoms with Crippen LogP contribution < -0.4 is 10.2 Å². The number of piperidine rings is 1. The summed E-state index contributed by atoms with van der Waals surface area (Å²) >= 11 is 0. The molecular weight excluding hydrogens is 272 g/mol. The largest absolute Gasteiger partial charge is 0.371 e. The zero-order valence-corrected chi connectivity index (χ0v) is 13.5. The molecule has 2 aliphatic rings. The molecule has 1 aromatic carbocycles. The first-order valence-corrected chi connectivity index (χ1v) is 8.96. The van der Waals surface area contributed by atoms with E-state index in [1.807, 2.05) is 6.07 Å². The fourth-order valence-corrected chi connectivity index (χ4v) is 3.79. The van der Waals surface area contributed by atoms with Crippen LogP contribution in [0.4, 0.5) is 11.4 Å². The van der Waals surface area contributed by atoms with E-state index in [2.05, 4.69) is 28.4 Å². The van der Waals surface area contributed by atoms with Gasteiger partial charge in [-0.1, -0.05) is 31.7 Å². The van der Waals surface area contributed by atoms with Crippen LogP contribution in [0.1, 0.15) is 57.8 Å². The molecule has 1 aliphatic heterocycles. The van der Waals surface area contributed by atoms with Gasteiger partial charge in [0.1, 0.15) is 0 Å². The van der Waals surface area contributed by atoms with Crippen molar-refractivity contribution in [2.24, 2.45) is 5.92 Å². The van der Waals surface area contributed by atoms with E-state index < -0.39 is 0 Å². The molecule has 2 fully saturated rings. The topological polar surface area (TPSA) is 32.3 Å². The van der Waals surface area contributed by atoms with E-state index in [4.69, 9.17) is 0 Å². The number of nitrogens with one attached hydrogen (secondary N) is 1. The Morgan fingerprint density at radius 2 is 1.86 bits per heavy atom. The molecule has 1 heterocycles. The van der Waals surface area contributed by atoms with Crippen molar-refractivity contribution >= 4 is 17.3 Å². The Balaban J connectivity index is 1.51. The fourth-order valence-electron chi connectivity index (χ4n) is 3.79. The predicted octanol–water partition coefficient (Wildman–Crippen LogP) is 4.59. The predicted molar refractivity (Wildman–Crippen MR) is 92.3 cm³/mol. The highest BCUT2D eigenvalue weighted by Gasteiger charge is 2.16. The number of benzene rings is 1. The number of carbonyl (C=O) groups excluding carboxylic acids is 1. The third-order valence-electron chi connectivity index (χ3n) is 5.11. The molecular formula is C19H28N2O. The Morgan fingerprint density at radius 1 is 1.09 bits per heavy atom. The van der Waals surface area contributed by atoms with Crippen molar-refractivity contribution < 1.29 is 4.79 Å². The van der Waals surface area contributed by atoms with Crippen molar-refractivity contribution in [2.75, 3.05) is 23.3 Å². The monoisotopic (exact) mass is 300 g/mol. The molecule has 0 spiro atoms. The minimum atomic E-state index is 0.169. The standard InChI is InChI=1S/C19H28N2O/c22-19(12-11-16-7-2-3-8-16)20-17-9-6-10-18(15-17)21-13-4-1-5-14-21/h6,9-10,15-16H,1-5,7-8,11-14H2,(H,20,22). The normalized spacial score (nSPS) is 19.4. The summed E-state index contributed by atoms with van der Waals surface area (Å²) in [7, 11) is 0. The van der Waals surface area contributed by atoms with Crippen LogP contribution in [0.25, 0.3) is 0 Å². The molecule has 1 N–H and O–H groups in total. The molecule has 1 aromatic rings. The maximum absolute atomic E-state index is 12.1. The quantitative estimate of drug-likeness (QED) is 0.863. The van der Waals surface area contributed by atoms with Crippen molar-refractivity contribution in [1.82, 2.24) is 0 Å². The summed E-state index contributed by atoms with van der Waals surface area (Å²) in [5.74, 6) is 0.952. The van der Waals surface area contributed by atoms with Gasteiger partial charge in [-0.3, -0.25) is 4.79 Å². The summed E-state index contributed by atoms with van der Waals surface area (Å²) in [4.78, 5) is 14.6. The Hall–Kier alpha value is -1.51. The van der Waals surface area contributed by atoms with Gasteiger partial charge < -0.3 is 10.2 Å². The third-order valence-corrected chi connectivity index (χ3v) is 5.11. The summed E-state index contributed by atoms with van der Waals surface area (Å²) in [5.41, 5.74) is 2.19. The first kappa shape index (κ1) is 15.4. The molecule has 120 valence electrons. The van der Waals surface area contributed by atoms with E-state index in [9.17, 15) is 4.79 Å². The number of hydrogen-bond acceptors (Lipinski definition) is 2. The summed E-state index contributed by atoms with van der Waals surface area (Å²) in [6.07, 6.45) is 10.9. The molecule has 3 heteroatoms. The van der Waals surface area contributed by atoms with Gasteiger partial charge in [0.25, 0.3) is 0 Å². The maximum atomic E-state index is 12.1. The second-order valence-corrected chi connectivity index (χ2v) is 6.84. The Morgan fingerprint density at radius 3 is 2.64 bits per heavy atom.